The molecule has 0 heterocycles. The lowest BCUT2D eigenvalue weighted by atomic mass is 10.1. The van der Waals surface area contributed by atoms with Gasteiger partial charge in [0.2, 0.25) is 0 Å². The van der Waals surface area contributed by atoms with E-state index < -0.39 is 11.7 Å². The summed E-state index contributed by atoms with van der Waals surface area (Å²) in [6.07, 6.45) is -4.21. The van der Waals surface area contributed by atoms with Crippen LogP contribution in [0.25, 0.3) is 0 Å². The summed E-state index contributed by atoms with van der Waals surface area (Å²) in [6.45, 7) is 7.98. The second kappa shape index (κ2) is 10.8. The summed E-state index contributed by atoms with van der Waals surface area (Å²) in [5, 5.41) is 0.801. The van der Waals surface area contributed by atoms with Gasteiger partial charge in [-0.25, -0.2) is 0 Å². The van der Waals surface area contributed by atoms with Crippen LogP contribution >= 0.6 is 11.6 Å². The molecule has 0 saturated carbocycles. The molecule has 0 nitrogen and oxygen atoms in total. The van der Waals surface area contributed by atoms with Crippen molar-refractivity contribution < 1.29 is 13.2 Å². The molecule has 0 fully saturated rings. The van der Waals surface area contributed by atoms with Crippen molar-refractivity contribution in [1.29, 1.82) is 0 Å². The Bertz CT molecular complexity index is 702. The number of halogens is 4. The maximum absolute atomic E-state index is 11.9. The van der Waals surface area contributed by atoms with Gasteiger partial charge in [-0.3, -0.25) is 0 Å². The van der Waals surface area contributed by atoms with Crippen LogP contribution in [0.1, 0.15) is 27.8 Å². The first-order valence-corrected chi connectivity index (χ1v) is 8.85. The van der Waals surface area contributed by atoms with Gasteiger partial charge in [0, 0.05) is 5.02 Å². The van der Waals surface area contributed by atoms with Gasteiger partial charge in [-0.15, -0.1) is 0 Å². The van der Waals surface area contributed by atoms with Crippen LogP contribution in [0.3, 0.4) is 0 Å². The van der Waals surface area contributed by atoms with Gasteiger partial charge in [-0.2, -0.15) is 13.2 Å². The highest BCUT2D eigenvalue weighted by atomic mass is 35.5. The van der Waals surface area contributed by atoms with E-state index in [2.05, 4.69) is 38.1 Å². The maximum atomic E-state index is 11.9. The Kier molecular flexibility index (Phi) is 9.10. The van der Waals surface area contributed by atoms with E-state index in [9.17, 15) is 13.2 Å². The van der Waals surface area contributed by atoms with E-state index in [1.165, 1.54) is 28.8 Å². The number of aryl methyl sites for hydroxylation is 4. The zero-order valence-corrected chi connectivity index (χ0v) is 16.7. The predicted octanol–water partition coefficient (Wildman–Crippen LogP) is 7.97. The first-order chi connectivity index (χ1) is 12.6. The van der Waals surface area contributed by atoms with Gasteiger partial charge < -0.3 is 0 Å². The predicted molar refractivity (Wildman–Crippen MR) is 108 cm³/mol. The van der Waals surface area contributed by atoms with Crippen LogP contribution < -0.4 is 0 Å². The number of benzene rings is 3. The molecule has 0 aliphatic heterocycles. The lowest BCUT2D eigenvalue weighted by Gasteiger charge is -2.05. The Morgan fingerprint density at radius 3 is 1.04 bits per heavy atom. The SMILES string of the molecule is Cc1ccc(C(F)(F)F)cc1.Cc1ccc(C)cc1.Cc1ccc(Cl)cc1. The Balaban J connectivity index is 0.000000206. The van der Waals surface area contributed by atoms with E-state index in [4.69, 9.17) is 11.6 Å². The Morgan fingerprint density at radius 2 is 0.778 bits per heavy atom. The fourth-order valence-electron chi connectivity index (χ4n) is 1.91. The molecule has 0 saturated heterocycles. The highest BCUT2D eigenvalue weighted by Gasteiger charge is 2.29. The van der Waals surface area contributed by atoms with Gasteiger partial charge in [0.05, 0.1) is 5.56 Å². The molecule has 0 aliphatic carbocycles. The molecule has 0 bridgehead atoms. The summed E-state index contributed by atoms with van der Waals surface area (Å²) in [5.41, 5.74) is 4.14. The van der Waals surface area contributed by atoms with E-state index >= 15 is 0 Å². The molecule has 0 aromatic heterocycles. The molecule has 0 radical (unpaired) electrons. The maximum Gasteiger partial charge on any atom is 0.416 e. The van der Waals surface area contributed by atoms with Crippen LogP contribution in [0.4, 0.5) is 13.2 Å². The largest absolute Gasteiger partial charge is 0.416 e. The summed E-state index contributed by atoms with van der Waals surface area (Å²) in [6, 6.07) is 21.3. The highest BCUT2D eigenvalue weighted by molar-refractivity contribution is 6.30. The fraction of sp³-hybridized carbons (Fsp3) is 0.217. The number of hydrogen-bond acceptors (Lipinski definition) is 0. The van der Waals surface area contributed by atoms with Crippen molar-refractivity contribution in [2.45, 2.75) is 33.9 Å². The smallest absolute Gasteiger partial charge is 0.166 e. The van der Waals surface area contributed by atoms with Crippen molar-refractivity contribution >= 4 is 11.6 Å². The summed E-state index contributed by atoms with van der Waals surface area (Å²) in [4.78, 5) is 0. The average molecular weight is 393 g/mol. The molecular formula is C23H24ClF3. The van der Waals surface area contributed by atoms with Gasteiger partial charge in [0.1, 0.15) is 0 Å². The Labute approximate surface area is 164 Å². The van der Waals surface area contributed by atoms with Gasteiger partial charge >= 0.3 is 6.18 Å². The van der Waals surface area contributed by atoms with Crippen LogP contribution in [-0.2, 0) is 6.18 Å². The molecule has 0 amide bonds. The molecule has 0 N–H and O–H groups in total. The molecule has 0 atom stereocenters. The third-order valence-electron chi connectivity index (χ3n) is 3.61. The molecule has 0 aliphatic rings. The number of hydrogen-bond donors (Lipinski definition) is 0. The standard InChI is InChI=1S/C8H7F3.C8H10.C7H7Cl/c1-6-2-4-7(5-3-6)8(9,10)11;1-7-3-5-8(2)6-4-7;1-6-2-4-7(8)5-3-6/h2-5H,1H3;3-6H,1-2H3;2-5H,1H3. The lowest BCUT2D eigenvalue weighted by Crippen LogP contribution is -2.03. The van der Waals surface area contributed by atoms with Crippen LogP contribution in [-0.4, -0.2) is 0 Å². The zero-order valence-electron chi connectivity index (χ0n) is 15.9. The van der Waals surface area contributed by atoms with Gasteiger partial charge in [-0.05, 0) is 52.0 Å². The van der Waals surface area contributed by atoms with Crippen LogP contribution in [0.15, 0.2) is 72.8 Å². The fourth-order valence-corrected chi connectivity index (χ4v) is 2.04. The van der Waals surface area contributed by atoms with E-state index in [0.29, 0.717) is 0 Å². The van der Waals surface area contributed by atoms with E-state index in [1.807, 2.05) is 31.2 Å². The Hall–Kier alpha value is -2.26. The molecule has 0 spiro atoms. The average Bonchev–Trinajstić information content (AvgIpc) is 2.61. The van der Waals surface area contributed by atoms with Gasteiger partial charge in [0.25, 0.3) is 0 Å². The summed E-state index contributed by atoms with van der Waals surface area (Å²) in [7, 11) is 0. The van der Waals surface area contributed by atoms with Gasteiger partial charge in [-0.1, -0.05) is 82.4 Å². The quantitative estimate of drug-likeness (QED) is 0.364. The van der Waals surface area contributed by atoms with Gasteiger partial charge in [0.15, 0.2) is 0 Å². The molecule has 3 rings (SSSR count). The molecule has 3 aromatic rings. The highest BCUT2D eigenvalue weighted by Crippen LogP contribution is 2.28. The van der Waals surface area contributed by atoms with E-state index in [0.717, 1.165) is 22.7 Å². The summed E-state index contributed by atoms with van der Waals surface area (Å²) < 4.78 is 35.8. The summed E-state index contributed by atoms with van der Waals surface area (Å²) >= 11 is 5.61. The first-order valence-electron chi connectivity index (χ1n) is 8.47. The van der Waals surface area contributed by atoms with Crippen molar-refractivity contribution in [2.75, 3.05) is 0 Å². The minimum Gasteiger partial charge on any atom is -0.166 e. The van der Waals surface area contributed by atoms with E-state index in [-0.39, 0.29) is 0 Å². The molecule has 27 heavy (non-hydrogen) atoms. The third kappa shape index (κ3) is 9.86. The van der Waals surface area contributed by atoms with Crippen molar-refractivity contribution in [3.05, 3.63) is 106 Å². The number of alkyl halides is 3. The monoisotopic (exact) mass is 392 g/mol. The lowest BCUT2D eigenvalue weighted by molar-refractivity contribution is -0.137. The van der Waals surface area contributed by atoms with Crippen LogP contribution in [0.2, 0.25) is 5.02 Å². The Morgan fingerprint density at radius 1 is 0.519 bits per heavy atom. The topological polar surface area (TPSA) is 0 Å². The second-order valence-corrected chi connectivity index (χ2v) is 6.75. The summed E-state index contributed by atoms with van der Waals surface area (Å²) in [5.74, 6) is 0. The van der Waals surface area contributed by atoms with Crippen molar-refractivity contribution in [2.24, 2.45) is 0 Å². The molecule has 0 unspecified atom stereocenters. The van der Waals surface area contributed by atoms with Crippen LogP contribution in [0, 0.1) is 27.7 Å². The van der Waals surface area contributed by atoms with Crippen LogP contribution in [0.5, 0.6) is 0 Å². The molecule has 4 heteroatoms. The van der Waals surface area contributed by atoms with E-state index in [1.54, 1.807) is 6.92 Å². The van der Waals surface area contributed by atoms with Crippen molar-refractivity contribution in [3.63, 3.8) is 0 Å². The van der Waals surface area contributed by atoms with Crippen molar-refractivity contribution in [1.82, 2.24) is 0 Å². The minimum absolute atomic E-state index is 0.594. The first kappa shape index (κ1) is 22.8. The zero-order chi connectivity index (χ0) is 20.4. The molecule has 3 aromatic carbocycles. The second-order valence-electron chi connectivity index (χ2n) is 6.31. The molecule has 144 valence electrons. The van der Waals surface area contributed by atoms with Crippen molar-refractivity contribution in [3.8, 4) is 0 Å². The third-order valence-corrected chi connectivity index (χ3v) is 3.86. The molecular weight excluding hydrogens is 369 g/mol. The normalized spacial score (nSPS) is 10.2. The number of rotatable bonds is 0. The minimum atomic E-state index is -4.21.